The van der Waals surface area contributed by atoms with Crippen molar-refractivity contribution in [3.05, 3.63) is 128 Å². The van der Waals surface area contributed by atoms with Gasteiger partial charge in [-0.25, -0.2) is 0 Å². The first kappa shape index (κ1) is 47.5. The lowest BCUT2D eigenvalue weighted by Gasteiger charge is -2.36. The lowest BCUT2D eigenvalue weighted by molar-refractivity contribution is 0.0955. The van der Waals surface area contributed by atoms with Crippen LogP contribution in [-0.2, 0) is 0 Å². The van der Waals surface area contributed by atoms with Crippen LogP contribution >= 0.6 is 63.7 Å². The van der Waals surface area contributed by atoms with E-state index in [0.29, 0.717) is 115 Å². The van der Waals surface area contributed by atoms with Crippen molar-refractivity contribution in [1.29, 1.82) is 0 Å². The molecule has 1 aliphatic carbocycles. The van der Waals surface area contributed by atoms with Crippen LogP contribution in [0.25, 0.3) is 41.8 Å². The molecule has 0 saturated carbocycles. The Bertz CT molecular complexity index is 2360. The van der Waals surface area contributed by atoms with Crippen LogP contribution < -0.4 is 37.9 Å². The summed E-state index contributed by atoms with van der Waals surface area (Å²) in [7, 11) is 0. The van der Waals surface area contributed by atoms with Gasteiger partial charge in [0.2, 0.25) is 27.2 Å². The molecule has 4 aromatic carbocycles. The summed E-state index contributed by atoms with van der Waals surface area (Å²) in [6.07, 6.45) is 4.11. The Hall–Kier alpha value is -5.56. The summed E-state index contributed by atoms with van der Waals surface area (Å²) in [5.41, 5.74) is 44.0. The summed E-state index contributed by atoms with van der Waals surface area (Å²) in [6, 6.07) is 8.54. The van der Waals surface area contributed by atoms with Gasteiger partial charge in [0, 0.05) is 114 Å². The minimum atomic E-state index is -0.414. The van der Waals surface area contributed by atoms with Gasteiger partial charge in [-0.05, 0) is 161 Å². The number of azide groups is 4. The molecule has 0 N–H and O–H groups in total. The first-order valence-electron chi connectivity index (χ1n) is 21.8. The largest absolute Gasteiger partial charge is 0.456 e. The molecule has 0 atom stereocenters. The predicted octanol–water partition coefficient (Wildman–Crippen LogP) is 14.9. The molecule has 0 amide bonds. The molecule has 5 aliphatic rings. The molecule has 4 aromatic rings. The number of hydrogen-bond donors (Lipinski definition) is 0. The highest BCUT2D eigenvalue weighted by molar-refractivity contribution is 9.11. The van der Waals surface area contributed by atoms with E-state index in [-0.39, 0.29) is 53.4 Å². The molecule has 68 heavy (non-hydrogen) atoms. The van der Waals surface area contributed by atoms with Crippen LogP contribution in [0, 0.1) is 0 Å². The van der Waals surface area contributed by atoms with E-state index in [1.165, 1.54) is 0 Å². The second-order valence-electron chi connectivity index (χ2n) is 16.3. The van der Waals surface area contributed by atoms with E-state index < -0.39 is 23.7 Å². The van der Waals surface area contributed by atoms with Crippen LogP contribution in [0.3, 0.4) is 0 Å². The number of ether oxygens (including phenoxy) is 8. The summed E-state index contributed by atoms with van der Waals surface area (Å²) >= 11 is 15.8. The van der Waals surface area contributed by atoms with Gasteiger partial charge in [0.25, 0.3) is 0 Å². The zero-order valence-electron chi connectivity index (χ0n) is 36.1. The van der Waals surface area contributed by atoms with Gasteiger partial charge in [-0.3, -0.25) is 0 Å². The Kier molecular flexibility index (Phi) is 14.9. The first-order valence-corrected chi connectivity index (χ1v) is 25.0. The van der Waals surface area contributed by atoms with Gasteiger partial charge in [-0.15, -0.1) is 0 Å². The van der Waals surface area contributed by atoms with Gasteiger partial charge in [0.1, 0.15) is 63.9 Å². The van der Waals surface area contributed by atoms with Gasteiger partial charge in [-0.2, -0.15) is 0 Å². The molecule has 20 nitrogen and oxygen atoms in total. The summed E-state index contributed by atoms with van der Waals surface area (Å²) in [5.74, 6) is 2.42. The maximum atomic E-state index is 9.33. The quantitative estimate of drug-likeness (QED) is 0.0449. The third kappa shape index (κ3) is 8.95. The minimum Gasteiger partial charge on any atom is -0.456 e. The Morgan fingerprint density at radius 2 is 0.529 bits per heavy atom. The fraction of sp³-hybridized carbons (Fsp3) is 0.455. The van der Waals surface area contributed by atoms with Crippen molar-refractivity contribution in [2.75, 3.05) is 53.4 Å². The average Bonchev–Trinajstić information content (AvgIpc) is 3.31. The SMILES string of the molecule is [N-]=[N+]=NCCCC1c2cc3c4c(Br)c2OCOc2c1cc1c(c2Br)OCOc2c(cc5c(c2Br)OCOc2c(cc(c(c2Br)OCO4)C3CCCN=[N+]=[N-])C5CCCN=[N+]=[N-])C1CCCN=[N+]=[N-]. The molecular weight excluding hydrogens is 1140 g/mol. The van der Waals surface area contributed by atoms with Gasteiger partial charge in [0.15, 0.2) is 0 Å². The van der Waals surface area contributed by atoms with Crippen LogP contribution in [0.1, 0.15) is 120 Å². The number of hydrogen-bond acceptors (Lipinski definition) is 12. The minimum absolute atomic E-state index is 0.177. The maximum Gasteiger partial charge on any atom is 0.231 e. The van der Waals surface area contributed by atoms with Gasteiger partial charge >= 0.3 is 0 Å². The van der Waals surface area contributed by atoms with Crippen LogP contribution in [0.2, 0.25) is 0 Å². The maximum absolute atomic E-state index is 9.33. The molecule has 24 heteroatoms. The lowest BCUT2D eigenvalue weighted by Crippen LogP contribution is -2.23. The molecule has 352 valence electrons. The van der Waals surface area contributed by atoms with E-state index >= 15 is 0 Å². The summed E-state index contributed by atoms with van der Waals surface area (Å²) in [5, 5.41) is 15.6. The molecular formula is C44H40Br4N12O8. The van der Waals surface area contributed by atoms with E-state index in [4.69, 9.17) is 37.9 Å². The lowest BCUT2D eigenvalue weighted by atomic mass is 9.76. The van der Waals surface area contributed by atoms with E-state index in [2.05, 4.69) is 128 Å². The summed E-state index contributed by atoms with van der Waals surface area (Å²) < 4.78 is 54.8. The monoisotopic (exact) mass is 1180 g/mol. The Morgan fingerprint density at radius 3 is 0.691 bits per heavy atom. The highest BCUT2D eigenvalue weighted by Gasteiger charge is 2.41. The second kappa shape index (κ2) is 21.4. The van der Waals surface area contributed by atoms with Crippen molar-refractivity contribution in [3.63, 3.8) is 0 Å². The molecule has 0 radical (unpaired) electrons. The summed E-state index contributed by atoms with van der Waals surface area (Å²) in [4.78, 5) is 12.2. The molecule has 4 heterocycles. The number of nitrogens with zero attached hydrogens (tertiary/aromatic N) is 12. The number of benzene rings is 4. The van der Waals surface area contributed by atoms with Gasteiger partial charge < -0.3 is 37.9 Å². The number of rotatable bonds is 16. The van der Waals surface area contributed by atoms with Crippen molar-refractivity contribution < 1.29 is 37.9 Å². The molecule has 9 rings (SSSR count). The van der Waals surface area contributed by atoms with Crippen molar-refractivity contribution in [2.45, 2.75) is 75.0 Å². The highest BCUT2D eigenvalue weighted by atomic mass is 79.9. The summed E-state index contributed by atoms with van der Waals surface area (Å²) in [6.45, 7) is 0.274. The predicted molar refractivity (Wildman–Crippen MR) is 261 cm³/mol. The van der Waals surface area contributed by atoms with Gasteiger partial charge in [-0.1, -0.05) is 20.5 Å². The zero-order valence-corrected chi connectivity index (χ0v) is 42.4. The second-order valence-corrected chi connectivity index (χ2v) is 19.5. The molecule has 0 spiro atoms. The van der Waals surface area contributed by atoms with Crippen molar-refractivity contribution in [2.24, 2.45) is 20.5 Å². The fourth-order valence-electron chi connectivity index (χ4n) is 10.0. The normalized spacial score (nSPS) is 18.5. The van der Waals surface area contributed by atoms with Crippen molar-refractivity contribution in [3.8, 4) is 46.0 Å². The van der Waals surface area contributed by atoms with E-state index in [1.807, 2.05) is 0 Å². The highest BCUT2D eigenvalue weighted by Crippen LogP contribution is 2.60. The topological polar surface area (TPSA) is 269 Å². The third-order valence-corrected chi connectivity index (χ3v) is 15.7. The first-order chi connectivity index (χ1) is 33.3. The number of halogens is 4. The van der Waals surface area contributed by atoms with Crippen LogP contribution in [0.4, 0.5) is 0 Å². The van der Waals surface area contributed by atoms with E-state index in [0.717, 1.165) is 44.5 Å². The van der Waals surface area contributed by atoms with E-state index in [9.17, 15) is 22.1 Å². The average molecular weight is 1180 g/mol. The van der Waals surface area contributed by atoms with Gasteiger partial charge in [0.05, 0.1) is 0 Å². The molecule has 0 saturated heterocycles. The molecule has 0 fully saturated rings. The third-order valence-electron chi connectivity index (χ3n) is 12.8. The molecule has 0 aromatic heterocycles. The Balaban J connectivity index is 1.43. The van der Waals surface area contributed by atoms with Crippen LogP contribution in [0.5, 0.6) is 46.0 Å². The fourth-order valence-corrected chi connectivity index (χ4v) is 12.8. The molecule has 4 aliphatic heterocycles. The van der Waals surface area contributed by atoms with Crippen molar-refractivity contribution >= 4 is 63.7 Å². The molecule has 8 bridgehead atoms. The molecule has 0 unspecified atom stereocenters. The standard InChI is InChI=1S/C44H40Br4N12O8/c45-33-37-25-13-27-22(6-2-10-54-58-50)29-15-31-24(8-4-12-56-60-52)32-16-30-23(7-3-11-55-59-51)28-14-26(21(25)5-1-9-53-57-49)38(62-17-61-37)34(46)40(28)64-19-66-42(30)36(48)44(32)68-20-67-43(31)35(47)41(29)65-18-63-39(27)33/h13-16,21-24H,1-12,17-20H2. The van der Waals surface area contributed by atoms with Crippen LogP contribution in [0.15, 0.2) is 62.6 Å². The Morgan fingerprint density at radius 1 is 0.353 bits per heavy atom. The van der Waals surface area contributed by atoms with E-state index in [1.54, 1.807) is 0 Å². The van der Waals surface area contributed by atoms with Crippen molar-refractivity contribution in [1.82, 2.24) is 0 Å². The smallest absolute Gasteiger partial charge is 0.231 e. The van der Waals surface area contributed by atoms with Crippen LogP contribution in [-0.4, -0.2) is 53.4 Å². The zero-order chi connectivity index (χ0) is 47.3. The Labute approximate surface area is 422 Å².